The van der Waals surface area contributed by atoms with E-state index in [2.05, 4.69) is 0 Å². The lowest BCUT2D eigenvalue weighted by Gasteiger charge is -2.18. The number of methoxy groups -OCH3 is 1. The second kappa shape index (κ2) is 6.82. The van der Waals surface area contributed by atoms with E-state index in [1.54, 1.807) is 31.4 Å². The van der Waals surface area contributed by atoms with Gasteiger partial charge in [0.15, 0.2) is 11.5 Å². The molecule has 106 valence electrons. The number of aliphatic hydroxyl groups excluding tert-OH is 1. The van der Waals surface area contributed by atoms with Gasteiger partial charge in [-0.25, -0.2) is 0 Å². The SMILES string of the molecule is COc1ccccc1OCC(CO)c1ccccc1O. The van der Waals surface area contributed by atoms with E-state index in [0.29, 0.717) is 17.1 Å². The van der Waals surface area contributed by atoms with Gasteiger partial charge in [0.1, 0.15) is 5.75 Å². The van der Waals surface area contributed by atoms with Crippen LogP contribution in [-0.4, -0.2) is 30.5 Å². The van der Waals surface area contributed by atoms with E-state index in [1.807, 2.05) is 24.3 Å². The van der Waals surface area contributed by atoms with Crippen molar-refractivity contribution in [2.45, 2.75) is 5.92 Å². The topological polar surface area (TPSA) is 58.9 Å². The molecule has 0 aliphatic rings. The van der Waals surface area contributed by atoms with E-state index in [0.717, 1.165) is 0 Å². The molecular formula is C16H18O4. The zero-order chi connectivity index (χ0) is 14.4. The summed E-state index contributed by atoms with van der Waals surface area (Å²) >= 11 is 0. The highest BCUT2D eigenvalue weighted by Crippen LogP contribution is 2.29. The molecule has 2 N–H and O–H groups in total. The molecule has 4 heteroatoms. The molecule has 0 heterocycles. The second-order valence-corrected chi connectivity index (χ2v) is 4.40. The molecule has 0 spiro atoms. The summed E-state index contributed by atoms with van der Waals surface area (Å²) in [5.41, 5.74) is 0.671. The van der Waals surface area contributed by atoms with Crippen molar-refractivity contribution in [2.75, 3.05) is 20.3 Å². The number of hydrogen-bond donors (Lipinski definition) is 2. The molecule has 20 heavy (non-hydrogen) atoms. The van der Waals surface area contributed by atoms with Crippen LogP contribution in [0.25, 0.3) is 0 Å². The molecule has 0 saturated heterocycles. The first-order valence-corrected chi connectivity index (χ1v) is 6.40. The molecule has 0 fully saturated rings. The van der Waals surface area contributed by atoms with Crippen molar-refractivity contribution >= 4 is 0 Å². The van der Waals surface area contributed by atoms with Gasteiger partial charge >= 0.3 is 0 Å². The zero-order valence-corrected chi connectivity index (χ0v) is 11.3. The highest BCUT2D eigenvalue weighted by Gasteiger charge is 2.16. The summed E-state index contributed by atoms with van der Waals surface area (Å²) in [5, 5.41) is 19.3. The lowest BCUT2D eigenvalue weighted by atomic mass is 10.00. The van der Waals surface area contributed by atoms with E-state index < -0.39 is 0 Å². The number of aliphatic hydroxyl groups is 1. The lowest BCUT2D eigenvalue weighted by Crippen LogP contribution is -2.14. The number of ether oxygens (including phenoxy) is 2. The van der Waals surface area contributed by atoms with Crippen LogP contribution in [-0.2, 0) is 0 Å². The molecule has 1 unspecified atom stereocenters. The van der Waals surface area contributed by atoms with Crippen LogP contribution in [0.5, 0.6) is 17.2 Å². The first-order chi connectivity index (χ1) is 9.76. The molecule has 0 aromatic heterocycles. The number of hydrogen-bond acceptors (Lipinski definition) is 4. The van der Waals surface area contributed by atoms with E-state index in [-0.39, 0.29) is 24.9 Å². The minimum atomic E-state index is -0.291. The Balaban J connectivity index is 2.10. The zero-order valence-electron chi connectivity index (χ0n) is 11.3. The van der Waals surface area contributed by atoms with Gasteiger partial charge in [0.25, 0.3) is 0 Å². The Morgan fingerprint density at radius 3 is 2.30 bits per heavy atom. The van der Waals surface area contributed by atoms with Gasteiger partial charge in [-0.05, 0) is 18.2 Å². The third kappa shape index (κ3) is 3.22. The Kier molecular flexibility index (Phi) is 4.85. The Morgan fingerprint density at radius 2 is 1.65 bits per heavy atom. The Morgan fingerprint density at radius 1 is 1.00 bits per heavy atom. The maximum Gasteiger partial charge on any atom is 0.161 e. The highest BCUT2D eigenvalue weighted by molar-refractivity contribution is 5.40. The summed E-state index contributed by atoms with van der Waals surface area (Å²) in [7, 11) is 1.58. The molecule has 0 aliphatic heterocycles. The normalized spacial score (nSPS) is 11.9. The largest absolute Gasteiger partial charge is 0.508 e. The number of para-hydroxylation sites is 3. The molecule has 0 radical (unpaired) electrons. The monoisotopic (exact) mass is 274 g/mol. The number of phenolic OH excluding ortho intramolecular Hbond substituents is 1. The van der Waals surface area contributed by atoms with Crippen molar-refractivity contribution in [3.8, 4) is 17.2 Å². The highest BCUT2D eigenvalue weighted by atomic mass is 16.5. The van der Waals surface area contributed by atoms with Gasteiger partial charge < -0.3 is 19.7 Å². The lowest BCUT2D eigenvalue weighted by molar-refractivity contribution is 0.199. The molecule has 2 rings (SSSR count). The van der Waals surface area contributed by atoms with Gasteiger partial charge in [0.05, 0.1) is 20.3 Å². The predicted octanol–water partition coefficient (Wildman–Crippen LogP) is 2.56. The van der Waals surface area contributed by atoms with E-state index in [4.69, 9.17) is 9.47 Å². The van der Waals surface area contributed by atoms with Crippen LogP contribution in [0.3, 0.4) is 0 Å². The maximum absolute atomic E-state index is 9.82. The van der Waals surface area contributed by atoms with E-state index in [9.17, 15) is 10.2 Å². The summed E-state index contributed by atoms with van der Waals surface area (Å²) in [6.45, 7) is 0.154. The minimum Gasteiger partial charge on any atom is -0.508 e. The van der Waals surface area contributed by atoms with Crippen molar-refractivity contribution in [3.63, 3.8) is 0 Å². The Bertz CT molecular complexity index is 554. The van der Waals surface area contributed by atoms with Gasteiger partial charge in [-0.3, -0.25) is 0 Å². The van der Waals surface area contributed by atoms with Crippen LogP contribution < -0.4 is 9.47 Å². The van der Waals surface area contributed by atoms with Crippen molar-refractivity contribution in [1.82, 2.24) is 0 Å². The van der Waals surface area contributed by atoms with Crippen LogP contribution in [0.4, 0.5) is 0 Å². The molecule has 0 amide bonds. The maximum atomic E-state index is 9.82. The van der Waals surface area contributed by atoms with E-state index >= 15 is 0 Å². The average Bonchev–Trinajstić information content (AvgIpc) is 2.50. The number of aromatic hydroxyl groups is 1. The molecule has 0 aliphatic carbocycles. The van der Waals surface area contributed by atoms with Gasteiger partial charge in [-0.15, -0.1) is 0 Å². The molecule has 2 aromatic rings. The summed E-state index contributed by atoms with van der Waals surface area (Å²) in [6, 6.07) is 14.3. The third-order valence-corrected chi connectivity index (χ3v) is 3.11. The summed E-state index contributed by atoms with van der Waals surface area (Å²) in [4.78, 5) is 0. The van der Waals surface area contributed by atoms with Crippen LogP contribution in [0.1, 0.15) is 11.5 Å². The second-order valence-electron chi connectivity index (χ2n) is 4.40. The van der Waals surface area contributed by atoms with Crippen LogP contribution in [0, 0.1) is 0 Å². The summed E-state index contributed by atoms with van der Waals surface area (Å²) in [5.74, 6) is 1.13. The standard InChI is InChI=1S/C16H18O4/c1-19-15-8-4-5-9-16(15)20-11-12(10-17)13-6-2-3-7-14(13)18/h2-9,12,17-18H,10-11H2,1H3. The summed E-state index contributed by atoms with van der Waals surface area (Å²) < 4.78 is 10.9. The molecule has 1 atom stereocenters. The fourth-order valence-electron chi connectivity index (χ4n) is 2.00. The van der Waals surface area contributed by atoms with Crippen molar-refractivity contribution < 1.29 is 19.7 Å². The first-order valence-electron chi connectivity index (χ1n) is 6.40. The Labute approximate surface area is 118 Å². The van der Waals surface area contributed by atoms with Crippen LogP contribution in [0.15, 0.2) is 48.5 Å². The molecular weight excluding hydrogens is 256 g/mol. The molecule has 4 nitrogen and oxygen atoms in total. The fraction of sp³-hybridized carbons (Fsp3) is 0.250. The number of rotatable bonds is 6. The molecule has 0 bridgehead atoms. The molecule has 2 aromatic carbocycles. The van der Waals surface area contributed by atoms with Gasteiger partial charge in [-0.2, -0.15) is 0 Å². The van der Waals surface area contributed by atoms with E-state index in [1.165, 1.54) is 0 Å². The van der Waals surface area contributed by atoms with Gasteiger partial charge in [0.2, 0.25) is 0 Å². The quantitative estimate of drug-likeness (QED) is 0.850. The fourth-order valence-corrected chi connectivity index (χ4v) is 2.00. The van der Waals surface area contributed by atoms with Gasteiger partial charge in [-0.1, -0.05) is 30.3 Å². The Hall–Kier alpha value is -2.20. The van der Waals surface area contributed by atoms with Crippen molar-refractivity contribution in [2.24, 2.45) is 0 Å². The number of phenols is 1. The van der Waals surface area contributed by atoms with Crippen molar-refractivity contribution in [1.29, 1.82) is 0 Å². The smallest absolute Gasteiger partial charge is 0.161 e. The summed E-state index contributed by atoms with van der Waals surface area (Å²) in [6.07, 6.45) is 0. The van der Waals surface area contributed by atoms with Crippen LogP contribution in [0.2, 0.25) is 0 Å². The first kappa shape index (κ1) is 14.2. The van der Waals surface area contributed by atoms with Gasteiger partial charge in [0, 0.05) is 11.5 Å². The minimum absolute atomic E-state index is 0.104. The third-order valence-electron chi connectivity index (χ3n) is 3.11. The predicted molar refractivity (Wildman–Crippen MR) is 76.4 cm³/mol. The molecule has 0 saturated carbocycles. The average molecular weight is 274 g/mol. The van der Waals surface area contributed by atoms with Crippen molar-refractivity contribution in [3.05, 3.63) is 54.1 Å². The number of benzene rings is 2. The van der Waals surface area contributed by atoms with Crippen LogP contribution >= 0.6 is 0 Å².